The minimum atomic E-state index is -0.465. The van der Waals surface area contributed by atoms with Crippen LogP contribution in [0.2, 0.25) is 0 Å². The van der Waals surface area contributed by atoms with Crippen LogP contribution in [0.3, 0.4) is 0 Å². The van der Waals surface area contributed by atoms with Crippen molar-refractivity contribution in [2.24, 2.45) is 11.7 Å². The number of nitrogens with one attached hydrogen (secondary N) is 1. The van der Waals surface area contributed by atoms with Gasteiger partial charge in [0.05, 0.1) is 18.2 Å². The van der Waals surface area contributed by atoms with Crippen molar-refractivity contribution in [2.75, 3.05) is 13.7 Å². The second-order valence-electron chi connectivity index (χ2n) is 6.09. The molecule has 0 bridgehead atoms. The Labute approximate surface area is 158 Å². The van der Waals surface area contributed by atoms with Crippen molar-refractivity contribution in [3.8, 4) is 5.75 Å². The van der Waals surface area contributed by atoms with E-state index in [1.165, 1.54) is 7.11 Å². The molecule has 0 radical (unpaired) electrons. The maximum atomic E-state index is 12.3. The molecule has 24 heavy (non-hydrogen) atoms. The van der Waals surface area contributed by atoms with E-state index in [-0.39, 0.29) is 42.9 Å². The molecule has 0 heterocycles. The minimum absolute atomic E-state index is 0. The van der Waals surface area contributed by atoms with Gasteiger partial charge in [0.15, 0.2) is 5.78 Å². The third kappa shape index (κ3) is 6.07. The number of rotatable bonds is 8. The van der Waals surface area contributed by atoms with E-state index in [9.17, 15) is 9.59 Å². The van der Waals surface area contributed by atoms with E-state index in [1.807, 2.05) is 20.8 Å². The van der Waals surface area contributed by atoms with Crippen molar-refractivity contribution in [3.05, 3.63) is 28.2 Å². The monoisotopic (exact) mass is 420 g/mol. The van der Waals surface area contributed by atoms with Crippen LogP contribution < -0.4 is 15.8 Å². The van der Waals surface area contributed by atoms with E-state index < -0.39 is 5.54 Å². The fraction of sp³-hybridized carbons (Fsp3) is 0.529. The van der Waals surface area contributed by atoms with E-state index in [0.29, 0.717) is 17.9 Å². The van der Waals surface area contributed by atoms with Crippen LogP contribution in [0.25, 0.3) is 0 Å². The third-order valence-electron chi connectivity index (χ3n) is 4.16. The molecule has 0 aliphatic carbocycles. The molecule has 1 unspecified atom stereocenters. The Morgan fingerprint density at radius 1 is 1.33 bits per heavy atom. The van der Waals surface area contributed by atoms with Crippen molar-refractivity contribution in [1.29, 1.82) is 0 Å². The number of nitrogens with two attached hydrogens (primary N) is 1. The molecule has 3 N–H and O–H groups in total. The normalized spacial score (nSPS) is 13.0. The lowest BCUT2D eigenvalue weighted by atomic mass is 9.88. The fourth-order valence-corrected chi connectivity index (χ4v) is 2.43. The summed E-state index contributed by atoms with van der Waals surface area (Å²) in [5.41, 5.74) is 5.76. The summed E-state index contributed by atoms with van der Waals surface area (Å²) in [4.78, 5) is 24.5. The van der Waals surface area contributed by atoms with Crippen LogP contribution in [0.5, 0.6) is 5.75 Å². The highest BCUT2D eigenvalue weighted by atomic mass is 79.9. The summed E-state index contributed by atoms with van der Waals surface area (Å²) in [6, 6.07) is 5.23. The predicted octanol–water partition coefficient (Wildman–Crippen LogP) is 3.33. The van der Waals surface area contributed by atoms with Crippen molar-refractivity contribution in [3.63, 3.8) is 0 Å². The minimum Gasteiger partial charge on any atom is -0.496 e. The first-order valence-electron chi connectivity index (χ1n) is 7.61. The zero-order chi connectivity index (χ0) is 17.6. The summed E-state index contributed by atoms with van der Waals surface area (Å²) in [6.07, 6.45) is 0.244. The van der Waals surface area contributed by atoms with E-state index in [1.54, 1.807) is 18.2 Å². The van der Waals surface area contributed by atoms with E-state index in [4.69, 9.17) is 10.5 Å². The zero-order valence-electron chi connectivity index (χ0n) is 14.5. The quantitative estimate of drug-likeness (QED) is 0.631. The van der Waals surface area contributed by atoms with Crippen LogP contribution in [0.1, 0.15) is 44.0 Å². The Hall–Kier alpha value is -1.11. The highest BCUT2D eigenvalue weighted by molar-refractivity contribution is 9.10. The van der Waals surface area contributed by atoms with Crippen LogP contribution >= 0.6 is 28.3 Å². The molecule has 0 spiro atoms. The maximum Gasteiger partial charge on any atom is 0.220 e. The van der Waals surface area contributed by atoms with Crippen molar-refractivity contribution in [2.45, 2.75) is 39.2 Å². The van der Waals surface area contributed by atoms with Crippen LogP contribution in [0.15, 0.2) is 22.7 Å². The third-order valence-corrected chi connectivity index (χ3v) is 4.66. The molecule has 0 aliphatic rings. The molecule has 0 aliphatic heterocycles. The van der Waals surface area contributed by atoms with Crippen LogP contribution in [-0.2, 0) is 4.79 Å². The molecule has 0 saturated carbocycles. The van der Waals surface area contributed by atoms with Crippen molar-refractivity contribution >= 4 is 40.0 Å². The Kier molecular flexibility index (Phi) is 9.55. The molecule has 5 nitrogen and oxygen atoms in total. The average molecular weight is 422 g/mol. The number of benzene rings is 1. The lowest BCUT2D eigenvalue weighted by Gasteiger charge is -2.33. The number of halogens is 2. The summed E-state index contributed by atoms with van der Waals surface area (Å²) in [7, 11) is 1.52. The van der Waals surface area contributed by atoms with E-state index in [0.717, 1.165) is 4.47 Å². The average Bonchev–Trinajstić information content (AvgIpc) is 2.52. The van der Waals surface area contributed by atoms with E-state index >= 15 is 0 Å². The largest absolute Gasteiger partial charge is 0.496 e. The first kappa shape index (κ1) is 22.9. The highest BCUT2D eigenvalue weighted by Gasteiger charge is 2.28. The van der Waals surface area contributed by atoms with Gasteiger partial charge in [-0.3, -0.25) is 9.59 Å². The van der Waals surface area contributed by atoms with Gasteiger partial charge >= 0.3 is 0 Å². The number of ether oxygens (including phenoxy) is 1. The number of amides is 1. The van der Waals surface area contributed by atoms with Gasteiger partial charge in [-0.2, -0.15) is 0 Å². The van der Waals surface area contributed by atoms with Crippen molar-refractivity contribution < 1.29 is 14.3 Å². The Morgan fingerprint density at radius 3 is 2.46 bits per heavy atom. The SMILES string of the molecule is COc1ccc(Br)cc1C(=O)CCC(=O)NC(C)(CN)C(C)C.Cl. The van der Waals surface area contributed by atoms with E-state index in [2.05, 4.69) is 21.2 Å². The summed E-state index contributed by atoms with van der Waals surface area (Å²) in [5, 5.41) is 2.93. The van der Waals surface area contributed by atoms with Crippen LogP contribution in [0, 0.1) is 5.92 Å². The fourth-order valence-electron chi connectivity index (χ4n) is 2.07. The molecule has 0 fully saturated rings. The lowest BCUT2D eigenvalue weighted by Crippen LogP contribution is -2.55. The second-order valence-corrected chi connectivity index (χ2v) is 7.01. The number of hydrogen-bond acceptors (Lipinski definition) is 4. The second kappa shape index (κ2) is 10.0. The first-order chi connectivity index (χ1) is 10.7. The first-order valence-corrected chi connectivity index (χ1v) is 8.40. The molecule has 1 aromatic carbocycles. The molecule has 1 amide bonds. The van der Waals surface area contributed by atoms with Gasteiger partial charge in [-0.05, 0) is 31.0 Å². The van der Waals surface area contributed by atoms with Gasteiger partial charge in [0.25, 0.3) is 0 Å². The van der Waals surface area contributed by atoms with Gasteiger partial charge < -0.3 is 15.8 Å². The maximum absolute atomic E-state index is 12.3. The van der Waals surface area contributed by atoms with Gasteiger partial charge in [-0.1, -0.05) is 29.8 Å². The molecular formula is C17H26BrClN2O3. The highest BCUT2D eigenvalue weighted by Crippen LogP contribution is 2.24. The van der Waals surface area contributed by atoms with Gasteiger partial charge in [-0.15, -0.1) is 12.4 Å². The predicted molar refractivity (Wildman–Crippen MR) is 102 cm³/mol. The Bertz CT molecular complexity index is 581. The molecule has 1 rings (SSSR count). The molecule has 7 heteroatoms. The standard InChI is InChI=1S/C17H25BrN2O3.ClH/c1-11(2)17(3,10-19)20-16(22)8-6-14(21)13-9-12(18)5-7-15(13)23-4;/h5,7,9,11H,6,8,10,19H2,1-4H3,(H,20,22);1H. The van der Waals surface area contributed by atoms with Crippen molar-refractivity contribution in [1.82, 2.24) is 5.32 Å². The topological polar surface area (TPSA) is 81.4 Å². The summed E-state index contributed by atoms with van der Waals surface area (Å²) >= 11 is 3.34. The van der Waals surface area contributed by atoms with Crippen LogP contribution in [0.4, 0.5) is 0 Å². The molecule has 1 atom stereocenters. The molecule has 136 valence electrons. The van der Waals surface area contributed by atoms with Gasteiger partial charge in [0.2, 0.25) is 5.91 Å². The van der Waals surface area contributed by atoms with Gasteiger partial charge in [0, 0.05) is 23.9 Å². The Morgan fingerprint density at radius 2 is 1.96 bits per heavy atom. The zero-order valence-corrected chi connectivity index (χ0v) is 16.9. The Balaban J connectivity index is 0.00000529. The van der Waals surface area contributed by atoms with Gasteiger partial charge in [0.1, 0.15) is 5.75 Å². The lowest BCUT2D eigenvalue weighted by molar-refractivity contribution is -0.123. The number of carbonyl (C=O) groups is 2. The molecule has 0 saturated heterocycles. The number of hydrogen-bond donors (Lipinski definition) is 2. The van der Waals surface area contributed by atoms with Gasteiger partial charge in [-0.25, -0.2) is 0 Å². The van der Waals surface area contributed by atoms with Crippen LogP contribution in [-0.4, -0.2) is 30.9 Å². The molecule has 0 aromatic heterocycles. The smallest absolute Gasteiger partial charge is 0.220 e. The number of Topliss-reactive ketones (excluding diaryl/α,β-unsaturated/α-hetero) is 1. The summed E-state index contributed by atoms with van der Waals surface area (Å²) < 4.78 is 5.99. The number of carbonyl (C=O) groups excluding carboxylic acids is 2. The summed E-state index contributed by atoms with van der Waals surface area (Å²) in [5.74, 6) is 0.413. The molecule has 1 aromatic rings. The molecular weight excluding hydrogens is 396 g/mol. The summed E-state index contributed by atoms with van der Waals surface area (Å²) in [6.45, 7) is 6.27. The number of methoxy groups -OCH3 is 1. The number of ketones is 1.